The number of rotatable bonds is 6. The van der Waals surface area contributed by atoms with E-state index in [4.69, 9.17) is 9.26 Å². The first-order valence-corrected chi connectivity index (χ1v) is 7.92. The van der Waals surface area contributed by atoms with Crippen molar-refractivity contribution < 1.29 is 14.1 Å². The average molecular weight is 329 g/mol. The Labute approximate surface area is 137 Å². The molecule has 23 heavy (non-hydrogen) atoms. The van der Waals surface area contributed by atoms with Crippen molar-refractivity contribution in [2.75, 3.05) is 0 Å². The predicted octanol–water partition coefficient (Wildman–Crippen LogP) is 2.95. The maximum absolute atomic E-state index is 12.3. The summed E-state index contributed by atoms with van der Waals surface area (Å²) in [6.45, 7) is 2.35. The Morgan fingerprint density at radius 2 is 2.17 bits per heavy atom. The van der Waals surface area contributed by atoms with Crippen LogP contribution in [-0.2, 0) is 13.2 Å². The summed E-state index contributed by atoms with van der Waals surface area (Å²) in [7, 11) is 0. The van der Waals surface area contributed by atoms with Gasteiger partial charge in [0.05, 0.1) is 12.1 Å². The number of carbonyl (C=O) groups excluding carboxylic acids is 1. The Bertz CT molecular complexity index is 783. The van der Waals surface area contributed by atoms with Gasteiger partial charge in [-0.2, -0.15) is 4.98 Å². The molecule has 0 saturated heterocycles. The second-order valence-electron chi connectivity index (χ2n) is 4.78. The Hall–Kier alpha value is -2.67. The van der Waals surface area contributed by atoms with E-state index in [1.165, 1.54) is 0 Å². The molecule has 2 aromatic heterocycles. The number of benzene rings is 1. The van der Waals surface area contributed by atoms with Crippen LogP contribution in [0.25, 0.3) is 0 Å². The Morgan fingerprint density at radius 3 is 2.91 bits per heavy atom. The molecule has 0 atom stereocenters. The van der Waals surface area contributed by atoms with Crippen LogP contribution >= 0.6 is 11.3 Å². The van der Waals surface area contributed by atoms with Crippen molar-refractivity contribution in [3.63, 3.8) is 0 Å². The molecule has 0 spiro atoms. The molecule has 0 saturated carbocycles. The largest absolute Gasteiger partial charge is 0.485 e. The third kappa shape index (κ3) is 3.95. The molecule has 3 rings (SSSR count). The fraction of sp³-hybridized carbons (Fsp3) is 0.188. The number of nitrogens with one attached hydrogen (secondary N) is 1. The molecule has 6 nitrogen and oxygen atoms in total. The quantitative estimate of drug-likeness (QED) is 0.752. The van der Waals surface area contributed by atoms with Crippen LogP contribution in [-0.4, -0.2) is 16.0 Å². The first-order chi connectivity index (χ1) is 11.2. The lowest BCUT2D eigenvalue weighted by molar-refractivity contribution is 0.0946. The molecule has 7 heteroatoms. The maximum atomic E-state index is 12.3. The van der Waals surface area contributed by atoms with Gasteiger partial charge in [0.1, 0.15) is 5.75 Å². The van der Waals surface area contributed by atoms with Crippen molar-refractivity contribution in [3.05, 3.63) is 63.9 Å². The van der Waals surface area contributed by atoms with Crippen molar-refractivity contribution >= 4 is 17.2 Å². The summed E-state index contributed by atoms with van der Waals surface area (Å²) in [5.74, 6) is 1.22. The van der Waals surface area contributed by atoms with Crippen LogP contribution in [0.1, 0.15) is 27.0 Å². The van der Waals surface area contributed by atoms with E-state index in [0.29, 0.717) is 29.6 Å². The zero-order valence-corrected chi connectivity index (χ0v) is 13.3. The lowest BCUT2D eigenvalue weighted by Gasteiger charge is -2.10. The molecule has 0 aliphatic heterocycles. The van der Waals surface area contributed by atoms with Gasteiger partial charge in [0.15, 0.2) is 6.61 Å². The maximum Gasteiger partial charge on any atom is 0.255 e. The van der Waals surface area contributed by atoms with Crippen molar-refractivity contribution in [1.29, 1.82) is 0 Å². The average Bonchev–Trinajstić information content (AvgIpc) is 3.22. The van der Waals surface area contributed by atoms with E-state index >= 15 is 0 Å². The number of carbonyl (C=O) groups is 1. The molecule has 0 unspecified atom stereocenters. The van der Waals surface area contributed by atoms with Gasteiger partial charge in [-0.15, -0.1) is 11.3 Å². The molecule has 2 heterocycles. The number of hydrogen-bond donors (Lipinski definition) is 1. The molecule has 0 fully saturated rings. The van der Waals surface area contributed by atoms with Crippen LogP contribution in [0.15, 0.2) is 46.3 Å². The number of thiophene rings is 1. The first-order valence-electron chi connectivity index (χ1n) is 7.04. The molecule has 118 valence electrons. The van der Waals surface area contributed by atoms with Gasteiger partial charge in [-0.3, -0.25) is 4.79 Å². The zero-order chi connectivity index (χ0) is 16.1. The van der Waals surface area contributed by atoms with Crippen molar-refractivity contribution in [1.82, 2.24) is 15.5 Å². The highest BCUT2D eigenvalue weighted by Gasteiger charge is 2.13. The monoisotopic (exact) mass is 329 g/mol. The number of aromatic nitrogens is 2. The number of nitrogens with zero attached hydrogens (tertiary/aromatic N) is 2. The first kappa shape index (κ1) is 15.2. The standard InChI is InChI=1S/C16H15N3O3S/c1-11-18-15(19-22-11)10-21-14-7-3-2-6-13(14)16(20)17-9-12-5-4-8-23-12/h2-8H,9-10H2,1H3,(H,17,20). The van der Waals surface area contributed by atoms with Crippen LogP contribution in [0.2, 0.25) is 0 Å². The third-order valence-electron chi connectivity index (χ3n) is 3.06. The summed E-state index contributed by atoms with van der Waals surface area (Å²) in [6.07, 6.45) is 0. The Kier molecular flexibility index (Phi) is 4.68. The van der Waals surface area contributed by atoms with E-state index in [2.05, 4.69) is 15.5 Å². The molecular formula is C16H15N3O3S. The van der Waals surface area contributed by atoms with Gasteiger partial charge < -0.3 is 14.6 Å². The van der Waals surface area contributed by atoms with Gasteiger partial charge in [-0.1, -0.05) is 23.4 Å². The predicted molar refractivity (Wildman–Crippen MR) is 85.3 cm³/mol. The summed E-state index contributed by atoms with van der Waals surface area (Å²) in [4.78, 5) is 17.5. The van der Waals surface area contributed by atoms with Gasteiger partial charge in [0, 0.05) is 11.8 Å². The topological polar surface area (TPSA) is 77.2 Å². The number of amides is 1. The molecule has 1 amide bonds. The van der Waals surface area contributed by atoms with Crippen molar-refractivity contribution in [3.8, 4) is 5.75 Å². The minimum atomic E-state index is -0.182. The SMILES string of the molecule is Cc1nc(COc2ccccc2C(=O)NCc2cccs2)no1. The molecule has 0 aliphatic rings. The molecule has 1 aromatic carbocycles. The number of aryl methyl sites for hydroxylation is 1. The summed E-state index contributed by atoms with van der Waals surface area (Å²) in [6, 6.07) is 11.0. The highest BCUT2D eigenvalue weighted by atomic mass is 32.1. The van der Waals surface area contributed by atoms with Gasteiger partial charge in [-0.05, 0) is 23.6 Å². The minimum Gasteiger partial charge on any atom is -0.485 e. The van der Waals surface area contributed by atoms with Crippen LogP contribution < -0.4 is 10.1 Å². The van der Waals surface area contributed by atoms with Crippen LogP contribution in [0, 0.1) is 6.92 Å². The number of hydrogen-bond acceptors (Lipinski definition) is 6. The number of para-hydroxylation sites is 1. The summed E-state index contributed by atoms with van der Waals surface area (Å²) in [5.41, 5.74) is 0.476. The summed E-state index contributed by atoms with van der Waals surface area (Å²) in [5, 5.41) is 8.63. The molecule has 1 N–H and O–H groups in total. The fourth-order valence-corrected chi connectivity index (χ4v) is 2.64. The second-order valence-corrected chi connectivity index (χ2v) is 5.81. The van der Waals surface area contributed by atoms with Gasteiger partial charge >= 0.3 is 0 Å². The van der Waals surface area contributed by atoms with Crippen LogP contribution in [0.4, 0.5) is 0 Å². The van der Waals surface area contributed by atoms with Crippen LogP contribution in [0.3, 0.4) is 0 Å². The lowest BCUT2D eigenvalue weighted by atomic mass is 10.2. The van der Waals surface area contributed by atoms with E-state index in [0.717, 1.165) is 4.88 Å². The van der Waals surface area contributed by atoms with E-state index in [1.54, 1.807) is 36.5 Å². The van der Waals surface area contributed by atoms with E-state index in [1.807, 2.05) is 23.6 Å². The Balaban J connectivity index is 1.65. The molecular weight excluding hydrogens is 314 g/mol. The number of ether oxygens (including phenoxy) is 1. The van der Waals surface area contributed by atoms with Gasteiger partial charge in [0.25, 0.3) is 5.91 Å². The molecule has 3 aromatic rings. The second kappa shape index (κ2) is 7.06. The smallest absolute Gasteiger partial charge is 0.255 e. The fourth-order valence-electron chi connectivity index (χ4n) is 2.00. The van der Waals surface area contributed by atoms with E-state index < -0.39 is 0 Å². The van der Waals surface area contributed by atoms with Crippen LogP contribution in [0.5, 0.6) is 5.75 Å². The molecule has 0 aliphatic carbocycles. The summed E-state index contributed by atoms with van der Waals surface area (Å²) < 4.78 is 10.5. The van der Waals surface area contributed by atoms with Gasteiger partial charge in [-0.25, -0.2) is 0 Å². The highest BCUT2D eigenvalue weighted by molar-refractivity contribution is 7.09. The molecule has 0 radical (unpaired) electrons. The van der Waals surface area contributed by atoms with E-state index in [-0.39, 0.29) is 12.5 Å². The summed E-state index contributed by atoms with van der Waals surface area (Å²) >= 11 is 1.60. The highest BCUT2D eigenvalue weighted by Crippen LogP contribution is 2.19. The van der Waals surface area contributed by atoms with E-state index in [9.17, 15) is 4.79 Å². The third-order valence-corrected chi connectivity index (χ3v) is 3.94. The van der Waals surface area contributed by atoms with Crippen molar-refractivity contribution in [2.24, 2.45) is 0 Å². The molecule has 0 bridgehead atoms. The lowest BCUT2D eigenvalue weighted by Crippen LogP contribution is -2.23. The zero-order valence-electron chi connectivity index (χ0n) is 12.5. The van der Waals surface area contributed by atoms with Gasteiger partial charge in [0.2, 0.25) is 11.7 Å². The normalized spacial score (nSPS) is 10.5. The van der Waals surface area contributed by atoms with Crippen molar-refractivity contribution in [2.45, 2.75) is 20.1 Å². The Morgan fingerprint density at radius 1 is 1.30 bits per heavy atom. The minimum absolute atomic E-state index is 0.145.